The Hall–Kier alpha value is -4.90. The number of rotatable bonds is 13. The van der Waals surface area contributed by atoms with Gasteiger partial charge in [-0.05, 0) is 68.7 Å². The van der Waals surface area contributed by atoms with Crippen molar-refractivity contribution in [2.75, 3.05) is 47.2 Å². The molecule has 0 spiro atoms. The Morgan fingerprint density at radius 2 is 1.76 bits per heavy atom. The summed E-state index contributed by atoms with van der Waals surface area (Å²) in [5, 5.41) is 13.1. The lowest BCUT2D eigenvalue weighted by Crippen LogP contribution is -2.36. The lowest BCUT2D eigenvalue weighted by atomic mass is 10.1. The van der Waals surface area contributed by atoms with Gasteiger partial charge < -0.3 is 25.0 Å². The Morgan fingerprint density at radius 3 is 2.33 bits per heavy atom. The molecule has 238 valence electrons. The molecule has 1 fully saturated rings. The molecular weight excluding hydrogens is 603 g/mol. The minimum atomic E-state index is -4.34. The summed E-state index contributed by atoms with van der Waals surface area (Å²) in [5.41, 5.74) is 0.526. The van der Waals surface area contributed by atoms with Crippen molar-refractivity contribution >= 4 is 39.5 Å². The number of carbonyl (C=O) groups excluding carboxylic acids is 1. The summed E-state index contributed by atoms with van der Waals surface area (Å²) in [6.07, 6.45) is 8.22. The fourth-order valence-electron chi connectivity index (χ4n) is 4.79. The normalized spacial score (nSPS) is 13.5. The number of carboxylic acid groups (broad SMARTS) is 1. The lowest BCUT2D eigenvalue weighted by Gasteiger charge is -2.27. The Balaban J connectivity index is 1.66. The van der Waals surface area contributed by atoms with E-state index in [9.17, 15) is 27.5 Å². The highest BCUT2D eigenvalue weighted by Crippen LogP contribution is 2.31. The second kappa shape index (κ2) is 14.7. The number of nitrogens with zero attached hydrogens (tertiary/aromatic N) is 5. The minimum absolute atomic E-state index is 0.0282. The number of amides is 1. The largest absolute Gasteiger partial charge is 0.480 e. The lowest BCUT2D eigenvalue weighted by molar-refractivity contribution is -0.137. The number of anilines is 3. The molecule has 1 atom stereocenters. The number of sulfonamides is 1. The first-order valence-corrected chi connectivity index (χ1v) is 15.9. The van der Waals surface area contributed by atoms with Crippen molar-refractivity contribution in [3.63, 3.8) is 0 Å². The van der Waals surface area contributed by atoms with Gasteiger partial charge in [0, 0.05) is 32.6 Å². The first kappa shape index (κ1) is 33.0. The zero-order valence-electron chi connectivity index (χ0n) is 25.0. The van der Waals surface area contributed by atoms with E-state index < -0.39 is 40.5 Å². The third-order valence-electron chi connectivity index (χ3n) is 7.25. The van der Waals surface area contributed by atoms with Crippen LogP contribution in [0.25, 0.3) is 0 Å². The summed E-state index contributed by atoms with van der Waals surface area (Å²) in [5.74, 6) is 0.980. The maximum Gasteiger partial charge on any atom is 0.415 e. The first-order chi connectivity index (χ1) is 21.6. The van der Waals surface area contributed by atoms with Crippen LogP contribution in [0.1, 0.15) is 32.3 Å². The number of aromatic nitrogens is 2. The molecule has 1 amide bonds. The fourth-order valence-corrected chi connectivity index (χ4v) is 6.16. The molecule has 3 aromatic rings. The van der Waals surface area contributed by atoms with Gasteiger partial charge in [0.05, 0.1) is 17.6 Å². The monoisotopic (exact) mass is 638 g/mol. The number of carbonyl (C=O) groups is 2. The molecule has 0 radical (unpaired) electrons. The molecule has 2 aromatic carbocycles. The Labute approximate surface area is 261 Å². The SMILES string of the molecule is C#CCN(c1cnc(N(CC)CC)nc1N[C@H](Cc1ccc(OC(=O)N2CCCC2)cc1)C(=O)O)S(=O)(=O)c1ccc(F)cc1. The molecule has 1 saturated heterocycles. The Morgan fingerprint density at radius 1 is 1.11 bits per heavy atom. The average Bonchev–Trinajstić information content (AvgIpc) is 3.57. The predicted molar refractivity (Wildman–Crippen MR) is 167 cm³/mol. The van der Waals surface area contributed by atoms with E-state index in [0.29, 0.717) is 37.5 Å². The number of carboxylic acids is 1. The highest BCUT2D eigenvalue weighted by molar-refractivity contribution is 7.92. The van der Waals surface area contributed by atoms with Gasteiger partial charge >= 0.3 is 12.1 Å². The maximum atomic E-state index is 13.7. The van der Waals surface area contributed by atoms with Crippen molar-refractivity contribution in [1.29, 1.82) is 0 Å². The molecule has 45 heavy (non-hydrogen) atoms. The molecule has 0 saturated carbocycles. The van der Waals surface area contributed by atoms with Crippen molar-refractivity contribution in [1.82, 2.24) is 14.9 Å². The summed E-state index contributed by atoms with van der Waals surface area (Å²) < 4.78 is 47.2. The van der Waals surface area contributed by atoms with E-state index >= 15 is 0 Å². The van der Waals surface area contributed by atoms with Crippen LogP contribution in [0.15, 0.2) is 59.6 Å². The second-order valence-corrected chi connectivity index (χ2v) is 12.1. The van der Waals surface area contributed by atoms with Crippen molar-refractivity contribution in [3.05, 3.63) is 66.1 Å². The number of nitrogens with one attached hydrogen (secondary N) is 1. The van der Waals surface area contributed by atoms with Crippen LogP contribution in [0.5, 0.6) is 5.75 Å². The molecule has 0 unspecified atom stereocenters. The van der Waals surface area contributed by atoms with Crippen LogP contribution in [0.4, 0.5) is 26.6 Å². The highest BCUT2D eigenvalue weighted by Gasteiger charge is 2.30. The molecular formula is C31H35FN6O6S. The summed E-state index contributed by atoms with van der Waals surface area (Å²) in [4.78, 5) is 36.9. The molecule has 1 aliphatic heterocycles. The number of hydrogen-bond acceptors (Lipinski definition) is 9. The van der Waals surface area contributed by atoms with Crippen molar-refractivity contribution in [2.24, 2.45) is 0 Å². The van der Waals surface area contributed by atoms with E-state index in [2.05, 4.69) is 21.2 Å². The highest BCUT2D eigenvalue weighted by atomic mass is 32.2. The van der Waals surface area contributed by atoms with E-state index in [1.807, 2.05) is 18.7 Å². The zero-order chi connectivity index (χ0) is 32.6. The van der Waals surface area contributed by atoms with Gasteiger partial charge in [0.15, 0.2) is 5.82 Å². The molecule has 12 nitrogen and oxygen atoms in total. The van der Waals surface area contributed by atoms with Crippen LogP contribution in [-0.2, 0) is 21.2 Å². The minimum Gasteiger partial charge on any atom is -0.480 e. The predicted octanol–water partition coefficient (Wildman–Crippen LogP) is 3.99. The summed E-state index contributed by atoms with van der Waals surface area (Å²) in [7, 11) is -4.34. The van der Waals surface area contributed by atoms with Gasteiger partial charge in [-0.25, -0.2) is 31.7 Å². The van der Waals surface area contributed by atoms with Crippen LogP contribution >= 0.6 is 0 Å². The molecule has 14 heteroatoms. The van der Waals surface area contributed by atoms with Crippen LogP contribution in [-0.4, -0.2) is 79.2 Å². The zero-order valence-corrected chi connectivity index (χ0v) is 25.8. The number of aliphatic carboxylic acids is 1. The molecule has 2 heterocycles. The van der Waals surface area contributed by atoms with Gasteiger partial charge in [0.25, 0.3) is 10.0 Å². The van der Waals surface area contributed by atoms with E-state index in [1.54, 1.807) is 29.2 Å². The Kier molecular flexibility index (Phi) is 10.8. The standard InChI is InChI=1S/C31H35FN6O6S/c1-4-17-38(45(42,43)25-15-11-23(32)12-16-25)27-21-33-30(36(5-2)6-3)35-28(27)34-26(29(39)40)20-22-9-13-24(14-10-22)44-31(41)37-18-7-8-19-37/h1,9-16,21,26H,5-8,17-20H2,2-3H3,(H,39,40)(H,33,34,35)/t26-/m1/s1. The summed E-state index contributed by atoms with van der Waals surface area (Å²) in [6, 6.07) is 9.45. The van der Waals surface area contributed by atoms with Gasteiger partial charge in [-0.1, -0.05) is 18.1 Å². The van der Waals surface area contributed by atoms with Crippen molar-refractivity contribution in [2.45, 2.75) is 44.0 Å². The first-order valence-electron chi connectivity index (χ1n) is 14.5. The quantitative estimate of drug-likeness (QED) is 0.264. The third-order valence-corrected chi connectivity index (χ3v) is 9.02. The molecule has 0 bridgehead atoms. The fraction of sp³-hybridized carbons (Fsp3) is 0.355. The van der Waals surface area contributed by atoms with Crippen LogP contribution in [0, 0.1) is 18.2 Å². The molecule has 1 aliphatic rings. The summed E-state index contributed by atoms with van der Waals surface area (Å²) >= 11 is 0. The van der Waals surface area contributed by atoms with Crippen molar-refractivity contribution in [3.8, 4) is 18.1 Å². The van der Waals surface area contributed by atoms with E-state index in [1.165, 1.54) is 6.20 Å². The number of benzene rings is 2. The smallest absolute Gasteiger partial charge is 0.415 e. The van der Waals surface area contributed by atoms with E-state index in [-0.39, 0.29) is 28.8 Å². The number of likely N-dealkylation sites (tertiary alicyclic amines) is 1. The van der Waals surface area contributed by atoms with Crippen LogP contribution in [0.3, 0.4) is 0 Å². The average molecular weight is 639 g/mol. The van der Waals surface area contributed by atoms with E-state index in [0.717, 1.165) is 41.4 Å². The third kappa shape index (κ3) is 7.98. The number of hydrogen-bond donors (Lipinski definition) is 2. The molecule has 1 aromatic heterocycles. The summed E-state index contributed by atoms with van der Waals surface area (Å²) in [6.45, 7) is 5.72. The second-order valence-electron chi connectivity index (χ2n) is 10.2. The van der Waals surface area contributed by atoms with Gasteiger partial charge in [0.1, 0.15) is 23.3 Å². The van der Waals surface area contributed by atoms with Crippen LogP contribution in [0.2, 0.25) is 0 Å². The molecule has 0 aliphatic carbocycles. The van der Waals surface area contributed by atoms with Crippen molar-refractivity contribution < 1.29 is 32.2 Å². The number of halogens is 1. The topological polar surface area (TPSA) is 145 Å². The van der Waals surface area contributed by atoms with Gasteiger partial charge in [0.2, 0.25) is 5.95 Å². The maximum absolute atomic E-state index is 13.7. The van der Waals surface area contributed by atoms with Gasteiger partial charge in [-0.2, -0.15) is 4.98 Å². The van der Waals surface area contributed by atoms with E-state index in [4.69, 9.17) is 11.2 Å². The molecule has 2 N–H and O–H groups in total. The van der Waals surface area contributed by atoms with Gasteiger partial charge in [-0.15, -0.1) is 6.42 Å². The van der Waals surface area contributed by atoms with Crippen LogP contribution < -0.4 is 19.3 Å². The Bertz CT molecular complexity index is 1640. The van der Waals surface area contributed by atoms with Gasteiger partial charge in [-0.3, -0.25) is 0 Å². The number of ether oxygens (including phenoxy) is 1. The number of terminal acetylenes is 1. The molecule has 4 rings (SSSR count).